The van der Waals surface area contributed by atoms with Crippen LogP contribution in [0.4, 0.5) is 13.6 Å². The Morgan fingerprint density at radius 2 is 1.82 bits per heavy atom. The number of hydrogen-bond acceptors (Lipinski definition) is 11. The summed E-state index contributed by atoms with van der Waals surface area (Å²) in [5.41, 5.74) is -2.20. The van der Waals surface area contributed by atoms with Crippen LogP contribution in [0.1, 0.15) is 78.6 Å². The number of amides is 4. The van der Waals surface area contributed by atoms with Gasteiger partial charge >= 0.3 is 12.4 Å². The number of likely N-dealkylation sites (N-methyl/N-ethyl adjacent to an activating group) is 1. The van der Waals surface area contributed by atoms with Gasteiger partial charge in [-0.1, -0.05) is 26.0 Å². The quantitative estimate of drug-likeness (QED) is 0.379. The zero-order chi connectivity index (χ0) is 40.7. The third-order valence-electron chi connectivity index (χ3n) is 12.1. The molecular weight excluding hydrogens is 769 g/mol. The lowest BCUT2D eigenvalue weighted by Gasteiger charge is -2.37. The van der Waals surface area contributed by atoms with Crippen molar-refractivity contribution in [3.63, 3.8) is 0 Å². The molecule has 3 aliphatic carbocycles. The highest BCUT2D eigenvalue weighted by atomic mass is 32.2. The largest absolute Gasteiger partial charge is 0.586 e. The first-order valence-electron chi connectivity index (χ1n) is 19.5. The van der Waals surface area contributed by atoms with Crippen molar-refractivity contribution in [2.75, 3.05) is 13.6 Å². The highest BCUT2D eigenvalue weighted by Crippen LogP contribution is 2.48. The van der Waals surface area contributed by atoms with Gasteiger partial charge in [0.25, 0.3) is 5.91 Å². The maximum Gasteiger partial charge on any atom is 0.586 e. The van der Waals surface area contributed by atoms with Crippen LogP contribution in [0, 0.1) is 17.8 Å². The number of benzene rings is 1. The first-order chi connectivity index (χ1) is 26.9. The van der Waals surface area contributed by atoms with Gasteiger partial charge in [0, 0.05) is 36.4 Å². The van der Waals surface area contributed by atoms with Crippen LogP contribution >= 0.6 is 0 Å². The van der Waals surface area contributed by atoms with E-state index in [4.69, 9.17) is 14.2 Å². The minimum Gasteiger partial charge on any atom is -0.472 e. The molecule has 1 aromatic heterocycles. The molecule has 308 valence electrons. The van der Waals surface area contributed by atoms with Gasteiger partial charge in [-0.25, -0.2) is 18.2 Å². The van der Waals surface area contributed by atoms with E-state index in [2.05, 4.69) is 26.7 Å². The standard InChI is InChI=1S/C39H47F2N5O10S/c1-21-7-5-6-8-23-19-38(23,35(49)44-57(51,52)25-9-10-25)43-32(47)28-18-24(53-33-27-11-12-29-31(26(27)13-16-42-33)55-39(40,41)54-29)20-46(28)34(48)30(22(2)17-21)45(4)36(50)56-37(3)14-15-37/h6,8,11-13,16,21-25,28,30H,5,7,9-10,14-15,17-20H2,1-4H3,(H,43,47)(H,44,49)/b8-6-/t21-,22-,23-,24-,28+,30+,38-/m1/s1. The molecule has 6 aliphatic rings. The molecule has 1 saturated heterocycles. The molecule has 4 fully saturated rings. The second kappa shape index (κ2) is 14.0. The number of alkyl halides is 2. The topological polar surface area (TPSA) is 183 Å². The second-order valence-electron chi connectivity index (χ2n) is 16.9. The molecule has 4 heterocycles. The summed E-state index contributed by atoms with van der Waals surface area (Å²) >= 11 is 0. The fraction of sp³-hybridized carbons (Fsp3) is 0.615. The van der Waals surface area contributed by atoms with Crippen LogP contribution in [0.2, 0.25) is 0 Å². The van der Waals surface area contributed by atoms with Gasteiger partial charge in [-0.3, -0.25) is 24.0 Å². The van der Waals surface area contributed by atoms with E-state index in [-0.39, 0.29) is 54.0 Å². The number of hydrogen-bond donors (Lipinski definition) is 2. The summed E-state index contributed by atoms with van der Waals surface area (Å²) in [6.07, 6.45) is 4.00. The molecule has 0 radical (unpaired) electrons. The summed E-state index contributed by atoms with van der Waals surface area (Å²) in [6.45, 7) is 5.63. The molecule has 2 aromatic rings. The Balaban J connectivity index is 1.13. The number of pyridine rings is 1. The van der Waals surface area contributed by atoms with Gasteiger partial charge in [0.1, 0.15) is 29.3 Å². The molecule has 0 bridgehead atoms. The number of ether oxygens (including phenoxy) is 4. The summed E-state index contributed by atoms with van der Waals surface area (Å²) in [4.78, 5) is 63.9. The average Bonchev–Trinajstić information content (AvgIpc) is 4.09. The normalized spacial score (nSPS) is 32.1. The van der Waals surface area contributed by atoms with E-state index in [0.717, 1.165) is 6.42 Å². The lowest BCUT2D eigenvalue weighted by atomic mass is 9.87. The number of fused-ring (bicyclic) bond motifs is 5. The number of nitrogens with one attached hydrogen (secondary N) is 2. The predicted octanol–water partition coefficient (Wildman–Crippen LogP) is 4.39. The molecule has 57 heavy (non-hydrogen) atoms. The monoisotopic (exact) mass is 815 g/mol. The average molecular weight is 816 g/mol. The van der Waals surface area contributed by atoms with Crippen LogP contribution in [-0.4, -0.2) is 101 Å². The highest BCUT2D eigenvalue weighted by Gasteiger charge is 2.62. The van der Waals surface area contributed by atoms with Crippen molar-refractivity contribution in [1.82, 2.24) is 24.8 Å². The van der Waals surface area contributed by atoms with E-state index in [1.807, 2.05) is 26.0 Å². The summed E-state index contributed by atoms with van der Waals surface area (Å²) in [7, 11) is -2.44. The Kier molecular flexibility index (Phi) is 9.59. The van der Waals surface area contributed by atoms with E-state index in [9.17, 15) is 36.4 Å². The predicted molar refractivity (Wildman–Crippen MR) is 199 cm³/mol. The van der Waals surface area contributed by atoms with Crippen molar-refractivity contribution in [3.05, 3.63) is 36.5 Å². The molecule has 1 aromatic carbocycles. The molecule has 15 nitrogen and oxygen atoms in total. The van der Waals surface area contributed by atoms with Gasteiger partial charge in [-0.15, -0.1) is 8.78 Å². The third-order valence-corrected chi connectivity index (χ3v) is 13.9. The molecule has 3 aliphatic heterocycles. The first-order valence-corrected chi connectivity index (χ1v) is 21.1. The Morgan fingerprint density at radius 3 is 2.54 bits per heavy atom. The van der Waals surface area contributed by atoms with Crippen LogP contribution in [0.5, 0.6) is 17.4 Å². The van der Waals surface area contributed by atoms with Gasteiger partial charge in [-0.05, 0) is 88.3 Å². The Bertz CT molecular complexity index is 2150. The van der Waals surface area contributed by atoms with E-state index in [0.29, 0.717) is 43.9 Å². The zero-order valence-corrected chi connectivity index (χ0v) is 33.0. The Labute approximate surface area is 328 Å². The zero-order valence-electron chi connectivity index (χ0n) is 32.2. The van der Waals surface area contributed by atoms with Gasteiger partial charge in [0.05, 0.1) is 11.8 Å². The molecule has 8 rings (SSSR count). The molecule has 2 N–H and O–H groups in total. The van der Waals surface area contributed by atoms with Crippen molar-refractivity contribution >= 4 is 44.6 Å². The SMILES string of the molecule is C[C@@H]1CC/C=C\[C@@H]2C[C@@]2(C(=O)NS(=O)(=O)C2CC2)NC(=O)[C@@H]2C[C@@H](Oc3nccc4c5c(ccc34)OC(F)(F)O5)CN2C(=O)[C@@H](N(C)C(=O)OC2(C)CC2)[C@H](C)C1. The van der Waals surface area contributed by atoms with Crippen molar-refractivity contribution in [2.24, 2.45) is 17.8 Å². The van der Waals surface area contributed by atoms with Gasteiger partial charge in [0.2, 0.25) is 27.7 Å². The number of carbonyl (C=O) groups excluding carboxylic acids is 4. The fourth-order valence-corrected chi connectivity index (χ4v) is 9.75. The van der Waals surface area contributed by atoms with Crippen molar-refractivity contribution in [3.8, 4) is 17.4 Å². The summed E-state index contributed by atoms with van der Waals surface area (Å²) < 4.78 is 77.6. The molecule has 7 atom stereocenters. The van der Waals surface area contributed by atoms with Gasteiger partial charge in [0.15, 0.2) is 11.5 Å². The van der Waals surface area contributed by atoms with E-state index >= 15 is 0 Å². The smallest absolute Gasteiger partial charge is 0.472 e. The molecule has 3 saturated carbocycles. The van der Waals surface area contributed by atoms with Crippen LogP contribution in [0.25, 0.3) is 10.8 Å². The summed E-state index contributed by atoms with van der Waals surface area (Å²) in [5.74, 6) is -3.17. The van der Waals surface area contributed by atoms with Crippen LogP contribution in [0.15, 0.2) is 36.5 Å². The number of aromatic nitrogens is 1. The van der Waals surface area contributed by atoms with E-state index in [1.165, 1.54) is 41.2 Å². The highest BCUT2D eigenvalue weighted by molar-refractivity contribution is 7.91. The summed E-state index contributed by atoms with van der Waals surface area (Å²) in [5, 5.41) is 2.73. The lowest BCUT2D eigenvalue weighted by Crippen LogP contribution is -2.59. The first kappa shape index (κ1) is 39.1. The van der Waals surface area contributed by atoms with E-state index < -0.39 is 80.6 Å². The summed E-state index contributed by atoms with van der Waals surface area (Å²) in [6, 6.07) is 1.99. The maximum absolute atomic E-state index is 15.0. The minimum absolute atomic E-state index is 0.0281. The van der Waals surface area contributed by atoms with Gasteiger partial charge in [-0.2, -0.15) is 0 Å². The number of rotatable bonds is 7. The molecule has 18 heteroatoms. The van der Waals surface area contributed by atoms with Crippen molar-refractivity contribution in [1.29, 1.82) is 0 Å². The molecular formula is C39H47F2N5O10S. The van der Waals surface area contributed by atoms with Crippen molar-refractivity contribution in [2.45, 2.75) is 119 Å². The maximum atomic E-state index is 15.0. The molecule has 0 spiro atoms. The minimum atomic E-state index is -3.95. The number of allylic oxidation sites excluding steroid dienone is 1. The fourth-order valence-electron chi connectivity index (χ4n) is 8.39. The molecule has 4 amide bonds. The van der Waals surface area contributed by atoms with Crippen LogP contribution in [0.3, 0.4) is 0 Å². The molecule has 0 unspecified atom stereocenters. The number of halogens is 2. The second-order valence-corrected chi connectivity index (χ2v) is 18.9. The third kappa shape index (κ3) is 7.68. The Morgan fingerprint density at radius 1 is 1.07 bits per heavy atom. The number of sulfonamides is 1. The number of nitrogens with zero attached hydrogens (tertiary/aromatic N) is 3. The van der Waals surface area contributed by atoms with Crippen molar-refractivity contribution < 1.29 is 55.3 Å². The van der Waals surface area contributed by atoms with Gasteiger partial charge < -0.3 is 29.2 Å². The Hall–Kier alpha value is -4.74. The van der Waals surface area contributed by atoms with Crippen LogP contribution in [-0.2, 0) is 29.1 Å². The van der Waals surface area contributed by atoms with E-state index in [1.54, 1.807) is 0 Å². The number of carbonyl (C=O) groups is 4. The lowest BCUT2D eigenvalue weighted by molar-refractivity contribution is -0.286. The van der Waals surface area contributed by atoms with Crippen LogP contribution < -0.4 is 24.2 Å².